The molecule has 1 aliphatic heterocycles. The second kappa shape index (κ2) is 6.25. The van der Waals surface area contributed by atoms with E-state index < -0.39 is 49.5 Å². The van der Waals surface area contributed by atoms with Crippen molar-refractivity contribution in [2.24, 2.45) is 0 Å². The second-order valence-corrected chi connectivity index (χ2v) is 6.51. The molecule has 0 aromatic carbocycles. The van der Waals surface area contributed by atoms with E-state index in [1.807, 2.05) is 0 Å². The van der Waals surface area contributed by atoms with Gasteiger partial charge in [-0.3, -0.25) is 18.9 Å². The molecule has 0 bridgehead atoms. The SMILES string of the molecule is Cc1cn([C@@H]2O[C@H](COP(=O)(O)O)[C@@H](O)[C@H]2Cl)c(=O)[nH]c1=O. The van der Waals surface area contributed by atoms with Gasteiger partial charge in [0.1, 0.15) is 17.6 Å². The first-order chi connectivity index (χ1) is 10.1. The molecular weight excluding hydrogens is 343 g/mol. The number of nitrogens with one attached hydrogen (secondary N) is 1. The maximum atomic E-state index is 11.8. The zero-order chi connectivity index (χ0) is 16.7. The molecule has 4 atom stereocenters. The van der Waals surface area contributed by atoms with Gasteiger partial charge in [-0.1, -0.05) is 0 Å². The smallest absolute Gasteiger partial charge is 0.389 e. The number of ether oxygens (including phenoxy) is 1. The summed E-state index contributed by atoms with van der Waals surface area (Å²) in [7, 11) is -4.73. The Morgan fingerprint density at radius 2 is 2.14 bits per heavy atom. The summed E-state index contributed by atoms with van der Waals surface area (Å²) in [4.78, 5) is 42.5. The lowest BCUT2D eigenvalue weighted by atomic mass is 10.2. The van der Waals surface area contributed by atoms with Gasteiger partial charge in [-0.15, -0.1) is 11.6 Å². The molecule has 0 amide bonds. The van der Waals surface area contributed by atoms with E-state index in [1.54, 1.807) is 0 Å². The van der Waals surface area contributed by atoms with Gasteiger partial charge in [0.05, 0.1) is 6.61 Å². The highest BCUT2D eigenvalue weighted by Crippen LogP contribution is 2.39. The summed E-state index contributed by atoms with van der Waals surface area (Å²) < 4.78 is 21.3. The van der Waals surface area contributed by atoms with E-state index in [0.717, 1.165) is 4.57 Å². The summed E-state index contributed by atoms with van der Waals surface area (Å²) in [6.07, 6.45) is -2.36. The van der Waals surface area contributed by atoms with Crippen molar-refractivity contribution in [3.8, 4) is 0 Å². The molecule has 0 spiro atoms. The Kier molecular flexibility index (Phi) is 4.93. The van der Waals surface area contributed by atoms with E-state index in [1.165, 1.54) is 13.1 Å². The molecule has 0 saturated carbocycles. The van der Waals surface area contributed by atoms with Crippen molar-refractivity contribution in [3.05, 3.63) is 32.6 Å². The summed E-state index contributed by atoms with van der Waals surface area (Å²) in [5.74, 6) is 0. The molecule has 12 heteroatoms. The van der Waals surface area contributed by atoms with Crippen molar-refractivity contribution in [2.75, 3.05) is 6.61 Å². The first kappa shape index (κ1) is 17.4. The van der Waals surface area contributed by atoms with E-state index in [-0.39, 0.29) is 5.56 Å². The number of H-pyrrole nitrogens is 1. The topological polar surface area (TPSA) is 151 Å². The average Bonchev–Trinajstić information content (AvgIpc) is 2.68. The number of hydrogen-bond acceptors (Lipinski definition) is 6. The summed E-state index contributed by atoms with van der Waals surface area (Å²) in [5, 5.41) is 8.85. The number of hydrogen-bond donors (Lipinski definition) is 4. The third-order valence-corrected chi connectivity index (χ3v) is 4.08. The number of halogens is 1. The van der Waals surface area contributed by atoms with Crippen LogP contribution in [0.1, 0.15) is 11.8 Å². The molecule has 4 N–H and O–H groups in total. The molecule has 1 aliphatic rings. The summed E-state index contributed by atoms with van der Waals surface area (Å²) in [6.45, 7) is 0.861. The summed E-state index contributed by atoms with van der Waals surface area (Å²) in [5.41, 5.74) is -1.11. The number of aryl methyl sites for hydroxylation is 1. The molecule has 2 rings (SSSR count). The Morgan fingerprint density at radius 3 is 2.73 bits per heavy atom. The molecular formula is C10H14ClN2O8P. The number of phosphoric acid groups is 1. The largest absolute Gasteiger partial charge is 0.469 e. The number of alkyl halides is 1. The van der Waals surface area contributed by atoms with Gasteiger partial charge in [0.25, 0.3) is 5.56 Å². The molecule has 1 aromatic rings. The van der Waals surface area contributed by atoms with Gasteiger partial charge < -0.3 is 19.6 Å². The standard InChI is InChI=1S/C10H14ClN2O8P/c1-4-2-13(10(16)12-8(4)15)9-6(11)7(14)5(21-9)3-20-22(17,18)19/h2,5-7,9,14H,3H2,1H3,(H,12,15,16)(H2,17,18,19)/t5-,6-,7-,9-/m1/s1. The third kappa shape index (κ3) is 3.66. The van der Waals surface area contributed by atoms with Crippen molar-refractivity contribution in [1.82, 2.24) is 9.55 Å². The van der Waals surface area contributed by atoms with Crippen LogP contribution in [-0.4, -0.2) is 48.6 Å². The fourth-order valence-electron chi connectivity index (χ4n) is 2.01. The first-order valence-corrected chi connectivity index (χ1v) is 8.06. The van der Waals surface area contributed by atoms with Crippen molar-refractivity contribution < 1.29 is 28.7 Å². The third-order valence-electron chi connectivity index (χ3n) is 3.12. The molecule has 0 radical (unpaired) electrons. The number of rotatable bonds is 4. The lowest BCUT2D eigenvalue weighted by Gasteiger charge is -2.17. The minimum Gasteiger partial charge on any atom is -0.389 e. The highest BCUT2D eigenvalue weighted by Gasteiger charge is 2.44. The number of aliphatic hydroxyl groups excluding tert-OH is 1. The number of aromatic nitrogens is 2. The van der Waals surface area contributed by atoms with Crippen LogP contribution in [0.5, 0.6) is 0 Å². The molecule has 124 valence electrons. The minimum atomic E-state index is -4.73. The highest BCUT2D eigenvalue weighted by molar-refractivity contribution is 7.46. The van der Waals surface area contributed by atoms with Crippen LogP contribution in [0.2, 0.25) is 0 Å². The number of nitrogens with zero attached hydrogens (tertiary/aromatic N) is 1. The van der Waals surface area contributed by atoms with Crippen LogP contribution in [0.15, 0.2) is 15.8 Å². The second-order valence-electron chi connectivity index (χ2n) is 4.77. The van der Waals surface area contributed by atoms with E-state index in [4.69, 9.17) is 26.1 Å². The van der Waals surface area contributed by atoms with Gasteiger partial charge in [0.15, 0.2) is 6.23 Å². The molecule has 22 heavy (non-hydrogen) atoms. The van der Waals surface area contributed by atoms with Crippen LogP contribution in [0.25, 0.3) is 0 Å². The van der Waals surface area contributed by atoms with Crippen molar-refractivity contribution in [3.63, 3.8) is 0 Å². The van der Waals surface area contributed by atoms with Crippen LogP contribution < -0.4 is 11.2 Å². The van der Waals surface area contributed by atoms with Gasteiger partial charge in [-0.2, -0.15) is 0 Å². The Labute approximate surface area is 128 Å². The zero-order valence-electron chi connectivity index (χ0n) is 11.2. The van der Waals surface area contributed by atoms with Gasteiger partial charge in [0.2, 0.25) is 0 Å². The van der Waals surface area contributed by atoms with Crippen molar-refractivity contribution in [1.29, 1.82) is 0 Å². The normalized spacial score (nSPS) is 29.0. The maximum Gasteiger partial charge on any atom is 0.469 e. The minimum absolute atomic E-state index is 0.233. The first-order valence-electron chi connectivity index (χ1n) is 6.10. The summed E-state index contributed by atoms with van der Waals surface area (Å²) >= 11 is 6.00. The van der Waals surface area contributed by atoms with Gasteiger partial charge in [-0.05, 0) is 6.92 Å². The van der Waals surface area contributed by atoms with Crippen LogP contribution in [0, 0.1) is 6.92 Å². The average molecular weight is 357 g/mol. The molecule has 2 heterocycles. The lowest BCUT2D eigenvalue weighted by molar-refractivity contribution is -0.0450. The molecule has 10 nitrogen and oxygen atoms in total. The van der Waals surface area contributed by atoms with Gasteiger partial charge >= 0.3 is 13.5 Å². The highest BCUT2D eigenvalue weighted by atomic mass is 35.5. The summed E-state index contributed by atoms with van der Waals surface area (Å²) in [6, 6.07) is 0. The molecule has 0 unspecified atom stereocenters. The molecule has 1 fully saturated rings. The molecule has 1 saturated heterocycles. The van der Waals surface area contributed by atoms with Crippen LogP contribution in [-0.2, 0) is 13.8 Å². The van der Waals surface area contributed by atoms with Crippen LogP contribution >= 0.6 is 19.4 Å². The van der Waals surface area contributed by atoms with Crippen molar-refractivity contribution in [2.45, 2.75) is 30.7 Å². The molecule has 0 aliphatic carbocycles. The number of aromatic amines is 1. The molecule has 1 aromatic heterocycles. The van der Waals surface area contributed by atoms with E-state index in [2.05, 4.69) is 9.51 Å². The monoisotopic (exact) mass is 356 g/mol. The predicted molar refractivity (Wildman–Crippen MR) is 73.6 cm³/mol. The van der Waals surface area contributed by atoms with E-state index in [9.17, 15) is 19.3 Å². The predicted octanol–water partition coefficient (Wildman–Crippen LogP) is -1.18. The lowest BCUT2D eigenvalue weighted by Crippen LogP contribution is -2.36. The fraction of sp³-hybridized carbons (Fsp3) is 0.600. The Morgan fingerprint density at radius 1 is 1.50 bits per heavy atom. The zero-order valence-corrected chi connectivity index (χ0v) is 12.9. The number of phosphoric ester groups is 1. The Hall–Kier alpha value is -1.00. The van der Waals surface area contributed by atoms with E-state index >= 15 is 0 Å². The van der Waals surface area contributed by atoms with E-state index in [0.29, 0.717) is 0 Å². The van der Waals surface area contributed by atoms with Crippen LogP contribution in [0.3, 0.4) is 0 Å². The van der Waals surface area contributed by atoms with Crippen molar-refractivity contribution >= 4 is 19.4 Å². The Bertz CT molecular complexity index is 712. The maximum absolute atomic E-state index is 11.8. The van der Waals surface area contributed by atoms with Crippen LogP contribution in [0.4, 0.5) is 0 Å². The van der Waals surface area contributed by atoms with Gasteiger partial charge in [-0.25, -0.2) is 9.36 Å². The Balaban J connectivity index is 2.23. The fourth-order valence-corrected chi connectivity index (χ4v) is 2.70. The van der Waals surface area contributed by atoms with Gasteiger partial charge in [0, 0.05) is 11.8 Å². The quantitative estimate of drug-likeness (QED) is 0.389. The number of aliphatic hydroxyl groups is 1.